The first kappa shape index (κ1) is 28.3. The number of aromatic nitrogens is 2. The van der Waals surface area contributed by atoms with Crippen molar-refractivity contribution in [3.63, 3.8) is 0 Å². The van der Waals surface area contributed by atoms with Gasteiger partial charge in [0.05, 0.1) is 11.0 Å². The Bertz CT molecular complexity index is 1190. The predicted molar refractivity (Wildman–Crippen MR) is 156 cm³/mol. The van der Waals surface area contributed by atoms with Crippen molar-refractivity contribution in [1.82, 2.24) is 25.1 Å². The quantitative estimate of drug-likeness (QED) is 0.306. The molecule has 2 N–H and O–H groups in total. The van der Waals surface area contributed by atoms with Crippen molar-refractivity contribution < 1.29 is 9.59 Å². The van der Waals surface area contributed by atoms with E-state index in [2.05, 4.69) is 65.3 Å². The van der Waals surface area contributed by atoms with E-state index < -0.39 is 6.04 Å². The van der Waals surface area contributed by atoms with E-state index in [0.717, 1.165) is 55.8 Å². The van der Waals surface area contributed by atoms with Crippen LogP contribution in [-0.2, 0) is 11.2 Å². The van der Waals surface area contributed by atoms with Crippen molar-refractivity contribution in [1.29, 1.82) is 0 Å². The molecule has 1 aromatic carbocycles. The molecule has 0 spiro atoms. The summed E-state index contributed by atoms with van der Waals surface area (Å²) in [5.74, 6) is 0.971. The lowest BCUT2D eigenvalue weighted by Gasteiger charge is -2.21. The molecular weight excluding hydrogens is 494 g/mol. The second-order valence-corrected chi connectivity index (χ2v) is 11.9. The van der Waals surface area contributed by atoms with Gasteiger partial charge in [-0.1, -0.05) is 33.8 Å². The third-order valence-electron chi connectivity index (χ3n) is 7.50. The zero-order valence-electron chi connectivity index (χ0n) is 23.3. The number of benzene rings is 1. The van der Waals surface area contributed by atoms with E-state index in [1.165, 1.54) is 17.7 Å². The van der Waals surface area contributed by atoms with Gasteiger partial charge in [0.15, 0.2) is 0 Å². The highest BCUT2D eigenvalue weighted by Gasteiger charge is 2.24. The van der Waals surface area contributed by atoms with Crippen molar-refractivity contribution in [2.45, 2.75) is 78.3 Å². The van der Waals surface area contributed by atoms with Gasteiger partial charge >= 0.3 is 0 Å². The number of carbonyl (C=O) groups excluding carboxylic acids is 2. The lowest BCUT2D eigenvalue weighted by atomic mass is 10.0. The van der Waals surface area contributed by atoms with Gasteiger partial charge in [-0.25, -0.2) is 4.98 Å². The van der Waals surface area contributed by atoms with Crippen molar-refractivity contribution in [3.8, 4) is 0 Å². The first-order chi connectivity index (χ1) is 18.4. The number of thiophene rings is 1. The zero-order chi connectivity index (χ0) is 27.1. The van der Waals surface area contributed by atoms with Gasteiger partial charge in [0.25, 0.3) is 5.91 Å². The number of fused-ring (bicyclic) bond motifs is 1. The van der Waals surface area contributed by atoms with Crippen LogP contribution in [0.5, 0.6) is 0 Å². The SMILES string of the molecule is CCC(CC)n1c(Cc2cccs2)nc2cc(C(=O)NC(CC(C)C)C(=O)NCCN3CCCC3)ccc21. The lowest BCUT2D eigenvalue weighted by molar-refractivity contribution is -0.123. The maximum atomic E-state index is 13.3. The highest BCUT2D eigenvalue weighted by molar-refractivity contribution is 7.09. The molecule has 206 valence electrons. The summed E-state index contributed by atoms with van der Waals surface area (Å²) in [5, 5.41) is 8.16. The average Bonchev–Trinajstić information content (AvgIpc) is 3.66. The van der Waals surface area contributed by atoms with Gasteiger partial charge < -0.3 is 20.1 Å². The molecule has 0 bridgehead atoms. The molecule has 1 atom stereocenters. The molecule has 4 rings (SSSR count). The number of nitrogens with one attached hydrogen (secondary N) is 2. The Labute approximate surface area is 231 Å². The molecule has 0 radical (unpaired) electrons. The molecule has 8 heteroatoms. The van der Waals surface area contributed by atoms with Gasteiger partial charge in [0.1, 0.15) is 11.9 Å². The molecule has 38 heavy (non-hydrogen) atoms. The third kappa shape index (κ3) is 7.03. The second kappa shape index (κ2) is 13.4. The summed E-state index contributed by atoms with van der Waals surface area (Å²) in [6.45, 7) is 12.2. The van der Waals surface area contributed by atoms with Crippen molar-refractivity contribution in [2.24, 2.45) is 5.92 Å². The summed E-state index contributed by atoms with van der Waals surface area (Å²) in [6, 6.07) is 9.77. The van der Waals surface area contributed by atoms with E-state index in [9.17, 15) is 9.59 Å². The minimum absolute atomic E-state index is 0.108. The molecule has 0 aliphatic carbocycles. The Morgan fingerprint density at radius 1 is 1.11 bits per heavy atom. The highest BCUT2D eigenvalue weighted by Crippen LogP contribution is 2.28. The zero-order valence-corrected chi connectivity index (χ0v) is 24.2. The fraction of sp³-hybridized carbons (Fsp3) is 0.567. The van der Waals surface area contributed by atoms with Crippen LogP contribution in [-0.4, -0.2) is 58.5 Å². The van der Waals surface area contributed by atoms with E-state index in [1.807, 2.05) is 18.2 Å². The molecular formula is C30H43N5O2S. The van der Waals surface area contributed by atoms with Crippen LogP contribution in [0.2, 0.25) is 0 Å². The Morgan fingerprint density at radius 3 is 2.53 bits per heavy atom. The van der Waals surface area contributed by atoms with Crippen LogP contribution in [0.4, 0.5) is 0 Å². The Hall–Kier alpha value is -2.71. The number of hydrogen-bond acceptors (Lipinski definition) is 5. The van der Waals surface area contributed by atoms with Crippen molar-refractivity contribution in [3.05, 3.63) is 52.0 Å². The lowest BCUT2D eigenvalue weighted by Crippen LogP contribution is -2.48. The topological polar surface area (TPSA) is 79.3 Å². The van der Waals surface area contributed by atoms with Crippen LogP contribution in [0.1, 0.15) is 86.9 Å². The molecule has 1 aliphatic rings. The molecule has 2 aromatic heterocycles. The first-order valence-corrected chi connectivity index (χ1v) is 15.1. The largest absolute Gasteiger partial charge is 0.353 e. The third-order valence-corrected chi connectivity index (χ3v) is 8.38. The molecule has 1 aliphatic heterocycles. The maximum absolute atomic E-state index is 13.3. The summed E-state index contributed by atoms with van der Waals surface area (Å²) in [7, 11) is 0. The summed E-state index contributed by atoms with van der Waals surface area (Å²) in [5.41, 5.74) is 2.42. The molecule has 1 fully saturated rings. The van der Waals surface area contributed by atoms with Crippen LogP contribution in [0.3, 0.4) is 0 Å². The molecule has 1 unspecified atom stereocenters. The van der Waals surface area contributed by atoms with Crippen molar-refractivity contribution in [2.75, 3.05) is 26.2 Å². The van der Waals surface area contributed by atoms with Gasteiger partial charge in [-0.05, 0) is 80.8 Å². The summed E-state index contributed by atoms with van der Waals surface area (Å²) in [4.78, 5) is 35.0. The smallest absolute Gasteiger partial charge is 0.252 e. The number of carbonyl (C=O) groups is 2. The van der Waals surface area contributed by atoms with Gasteiger partial charge in [-0.3, -0.25) is 9.59 Å². The number of nitrogens with zero attached hydrogens (tertiary/aromatic N) is 3. The Kier molecular flexibility index (Phi) is 9.97. The number of imidazole rings is 1. The van der Waals surface area contributed by atoms with E-state index in [0.29, 0.717) is 24.6 Å². The van der Waals surface area contributed by atoms with E-state index >= 15 is 0 Å². The summed E-state index contributed by atoms with van der Waals surface area (Å²) < 4.78 is 2.35. The van der Waals surface area contributed by atoms with Crippen molar-refractivity contribution >= 4 is 34.2 Å². The number of rotatable bonds is 13. The van der Waals surface area contributed by atoms with Crippen LogP contribution in [0.15, 0.2) is 35.7 Å². The Balaban J connectivity index is 1.51. The monoisotopic (exact) mass is 537 g/mol. The number of hydrogen-bond donors (Lipinski definition) is 2. The molecule has 3 heterocycles. The fourth-order valence-electron chi connectivity index (χ4n) is 5.46. The molecule has 3 aromatic rings. The predicted octanol–water partition coefficient (Wildman–Crippen LogP) is 5.41. The molecule has 1 saturated heterocycles. The van der Waals surface area contributed by atoms with Gasteiger partial charge in [0.2, 0.25) is 5.91 Å². The summed E-state index contributed by atoms with van der Waals surface area (Å²) in [6.07, 6.45) is 5.87. The number of likely N-dealkylation sites (tertiary alicyclic amines) is 1. The van der Waals surface area contributed by atoms with Gasteiger partial charge in [0, 0.05) is 36.0 Å². The van der Waals surface area contributed by atoms with Gasteiger partial charge in [-0.2, -0.15) is 0 Å². The molecule has 0 saturated carbocycles. The average molecular weight is 538 g/mol. The molecule has 2 amide bonds. The maximum Gasteiger partial charge on any atom is 0.252 e. The minimum Gasteiger partial charge on any atom is -0.353 e. The van der Waals surface area contributed by atoms with E-state index in [1.54, 1.807) is 11.3 Å². The molecule has 7 nitrogen and oxygen atoms in total. The highest BCUT2D eigenvalue weighted by atomic mass is 32.1. The normalized spacial score (nSPS) is 15.0. The Morgan fingerprint density at radius 2 is 1.87 bits per heavy atom. The number of amides is 2. The van der Waals surface area contributed by atoms with E-state index in [4.69, 9.17) is 4.98 Å². The van der Waals surface area contributed by atoms with Crippen LogP contribution in [0, 0.1) is 5.92 Å². The first-order valence-electron chi connectivity index (χ1n) is 14.2. The van der Waals surface area contributed by atoms with Gasteiger partial charge in [-0.15, -0.1) is 11.3 Å². The van der Waals surface area contributed by atoms with E-state index in [-0.39, 0.29) is 17.7 Å². The second-order valence-electron chi connectivity index (χ2n) is 10.8. The van der Waals surface area contributed by atoms with Crippen LogP contribution < -0.4 is 10.6 Å². The van der Waals surface area contributed by atoms with Crippen LogP contribution in [0.25, 0.3) is 11.0 Å². The fourth-order valence-corrected chi connectivity index (χ4v) is 6.16. The van der Waals surface area contributed by atoms with Crippen LogP contribution >= 0.6 is 11.3 Å². The summed E-state index contributed by atoms with van der Waals surface area (Å²) >= 11 is 1.74. The minimum atomic E-state index is -0.562. The standard InChI is InChI=1S/C30H43N5O2S/c1-5-23(6-2)35-27-12-11-22(19-25(27)32-28(35)20-24-10-9-17-38-24)29(36)33-26(18-21(3)4)30(37)31-13-16-34-14-7-8-15-34/h9-12,17,19,21,23,26H,5-8,13-16,18,20H2,1-4H3,(H,31,37)(H,33,36).